The number of hydrogen-bond donors (Lipinski definition) is 2. The average Bonchev–Trinajstić information content (AvgIpc) is 2.17. The second-order valence-electron chi connectivity index (χ2n) is 4.50. The SMILES string of the molecule is CC(O)C(C)N1CCCC(CCO)C1. The normalized spacial score (nSPS) is 28.7. The number of aliphatic hydroxyl groups excluding tert-OH is 2. The van der Waals surface area contributed by atoms with E-state index in [-0.39, 0.29) is 12.1 Å². The third-order valence-electron chi connectivity index (χ3n) is 3.36. The fraction of sp³-hybridized carbons (Fsp3) is 1.00. The molecule has 3 atom stereocenters. The number of nitrogens with zero attached hydrogens (tertiary/aromatic N) is 1. The standard InChI is InChI=1S/C11H23NO2/c1-9(10(2)14)12-6-3-4-11(8-12)5-7-13/h9-11,13-14H,3-8H2,1-2H3. The second-order valence-corrected chi connectivity index (χ2v) is 4.50. The minimum atomic E-state index is -0.261. The van der Waals surface area contributed by atoms with Crippen molar-refractivity contribution in [1.82, 2.24) is 4.90 Å². The molecular formula is C11H23NO2. The van der Waals surface area contributed by atoms with Crippen LogP contribution in [0.4, 0.5) is 0 Å². The molecular weight excluding hydrogens is 178 g/mol. The molecule has 1 fully saturated rings. The van der Waals surface area contributed by atoms with Gasteiger partial charge in [0, 0.05) is 19.2 Å². The minimum absolute atomic E-state index is 0.247. The summed E-state index contributed by atoms with van der Waals surface area (Å²) in [6.45, 7) is 6.34. The molecule has 3 nitrogen and oxygen atoms in total. The Kier molecular flexibility index (Phi) is 4.85. The van der Waals surface area contributed by atoms with Gasteiger partial charge < -0.3 is 10.2 Å². The van der Waals surface area contributed by atoms with Crippen molar-refractivity contribution in [2.75, 3.05) is 19.7 Å². The van der Waals surface area contributed by atoms with E-state index in [9.17, 15) is 5.11 Å². The van der Waals surface area contributed by atoms with Crippen LogP contribution in [0.5, 0.6) is 0 Å². The van der Waals surface area contributed by atoms with E-state index in [0.29, 0.717) is 12.5 Å². The van der Waals surface area contributed by atoms with Crippen molar-refractivity contribution in [2.45, 2.75) is 45.3 Å². The molecule has 0 aromatic carbocycles. The maximum Gasteiger partial charge on any atom is 0.0664 e. The lowest BCUT2D eigenvalue weighted by atomic mass is 9.93. The van der Waals surface area contributed by atoms with Gasteiger partial charge in [0.15, 0.2) is 0 Å². The van der Waals surface area contributed by atoms with Gasteiger partial charge >= 0.3 is 0 Å². The lowest BCUT2D eigenvalue weighted by Gasteiger charge is -2.37. The molecule has 0 saturated carbocycles. The maximum atomic E-state index is 9.50. The van der Waals surface area contributed by atoms with Gasteiger partial charge in [-0.15, -0.1) is 0 Å². The molecule has 0 bridgehead atoms. The van der Waals surface area contributed by atoms with E-state index in [2.05, 4.69) is 11.8 Å². The van der Waals surface area contributed by atoms with Crippen LogP contribution in [0.1, 0.15) is 33.1 Å². The lowest BCUT2D eigenvalue weighted by Crippen LogP contribution is -2.46. The first-order chi connectivity index (χ1) is 6.65. The molecule has 0 radical (unpaired) electrons. The summed E-state index contributed by atoms with van der Waals surface area (Å²) in [7, 11) is 0. The van der Waals surface area contributed by atoms with Crippen molar-refractivity contribution < 1.29 is 10.2 Å². The highest BCUT2D eigenvalue weighted by Gasteiger charge is 2.25. The summed E-state index contributed by atoms with van der Waals surface area (Å²) in [5, 5.41) is 18.4. The van der Waals surface area contributed by atoms with Crippen LogP contribution in [0.15, 0.2) is 0 Å². The second kappa shape index (κ2) is 5.69. The summed E-state index contributed by atoms with van der Waals surface area (Å²) in [6, 6.07) is 0.247. The van der Waals surface area contributed by atoms with Crippen molar-refractivity contribution >= 4 is 0 Å². The van der Waals surface area contributed by atoms with Gasteiger partial charge in [-0.1, -0.05) is 0 Å². The van der Waals surface area contributed by atoms with Gasteiger partial charge in [0.25, 0.3) is 0 Å². The predicted molar refractivity (Wildman–Crippen MR) is 57.1 cm³/mol. The number of aliphatic hydroxyl groups is 2. The first kappa shape index (κ1) is 12.0. The molecule has 14 heavy (non-hydrogen) atoms. The predicted octanol–water partition coefficient (Wildman–Crippen LogP) is 0.850. The molecule has 3 heteroatoms. The molecule has 1 aliphatic heterocycles. The lowest BCUT2D eigenvalue weighted by molar-refractivity contribution is 0.0389. The summed E-state index contributed by atoms with van der Waals surface area (Å²) in [5.41, 5.74) is 0. The molecule has 0 aromatic heterocycles. The third-order valence-corrected chi connectivity index (χ3v) is 3.36. The van der Waals surface area contributed by atoms with Gasteiger partial charge in [-0.25, -0.2) is 0 Å². The zero-order valence-corrected chi connectivity index (χ0v) is 9.32. The van der Waals surface area contributed by atoms with Crippen LogP contribution < -0.4 is 0 Å². The first-order valence-corrected chi connectivity index (χ1v) is 5.68. The largest absolute Gasteiger partial charge is 0.396 e. The molecule has 0 aliphatic carbocycles. The maximum absolute atomic E-state index is 9.50. The van der Waals surface area contributed by atoms with Gasteiger partial charge in [-0.3, -0.25) is 4.90 Å². The summed E-state index contributed by atoms with van der Waals surface area (Å²) in [6.07, 6.45) is 3.07. The van der Waals surface area contributed by atoms with Crippen LogP contribution in [-0.2, 0) is 0 Å². The van der Waals surface area contributed by atoms with E-state index in [1.54, 1.807) is 0 Å². The number of piperidine rings is 1. The number of hydrogen-bond acceptors (Lipinski definition) is 3. The highest BCUT2D eigenvalue weighted by molar-refractivity contribution is 4.79. The van der Waals surface area contributed by atoms with Crippen molar-refractivity contribution in [3.63, 3.8) is 0 Å². The number of rotatable bonds is 4. The Morgan fingerprint density at radius 2 is 2.14 bits per heavy atom. The Labute approximate surface area is 86.7 Å². The van der Waals surface area contributed by atoms with Crippen molar-refractivity contribution in [3.05, 3.63) is 0 Å². The van der Waals surface area contributed by atoms with Crippen LogP contribution in [0.25, 0.3) is 0 Å². The van der Waals surface area contributed by atoms with E-state index >= 15 is 0 Å². The zero-order chi connectivity index (χ0) is 10.6. The van der Waals surface area contributed by atoms with Gasteiger partial charge in [-0.2, -0.15) is 0 Å². The Morgan fingerprint density at radius 1 is 1.43 bits per heavy atom. The zero-order valence-electron chi connectivity index (χ0n) is 9.32. The van der Waals surface area contributed by atoms with Crippen LogP contribution >= 0.6 is 0 Å². The topological polar surface area (TPSA) is 43.7 Å². The third kappa shape index (κ3) is 3.23. The van der Waals surface area contributed by atoms with Crippen molar-refractivity contribution in [3.8, 4) is 0 Å². The molecule has 0 spiro atoms. The van der Waals surface area contributed by atoms with Crippen LogP contribution in [0.3, 0.4) is 0 Å². The first-order valence-electron chi connectivity index (χ1n) is 5.68. The quantitative estimate of drug-likeness (QED) is 0.708. The van der Waals surface area contributed by atoms with Gasteiger partial charge in [0.2, 0.25) is 0 Å². The summed E-state index contributed by atoms with van der Waals surface area (Å²) >= 11 is 0. The van der Waals surface area contributed by atoms with E-state index in [1.807, 2.05) is 6.92 Å². The number of likely N-dealkylation sites (tertiary alicyclic amines) is 1. The highest BCUT2D eigenvalue weighted by Crippen LogP contribution is 2.21. The molecule has 1 saturated heterocycles. The van der Waals surface area contributed by atoms with Gasteiger partial charge in [0.1, 0.15) is 0 Å². The molecule has 0 aromatic rings. The minimum Gasteiger partial charge on any atom is -0.396 e. The fourth-order valence-electron chi connectivity index (χ4n) is 2.19. The highest BCUT2D eigenvalue weighted by atomic mass is 16.3. The monoisotopic (exact) mass is 201 g/mol. The molecule has 1 aliphatic rings. The molecule has 3 unspecified atom stereocenters. The molecule has 0 amide bonds. The summed E-state index contributed by atoms with van der Waals surface area (Å²) in [4.78, 5) is 2.34. The average molecular weight is 201 g/mol. The molecule has 1 heterocycles. The van der Waals surface area contributed by atoms with E-state index in [4.69, 9.17) is 5.11 Å². The molecule has 2 N–H and O–H groups in total. The Bertz CT molecular complexity index is 159. The Hall–Kier alpha value is -0.120. The molecule has 1 rings (SSSR count). The van der Waals surface area contributed by atoms with Crippen LogP contribution in [-0.4, -0.2) is 47.0 Å². The Morgan fingerprint density at radius 3 is 2.71 bits per heavy atom. The van der Waals surface area contributed by atoms with E-state index < -0.39 is 0 Å². The van der Waals surface area contributed by atoms with Crippen LogP contribution in [0, 0.1) is 5.92 Å². The molecule has 84 valence electrons. The van der Waals surface area contributed by atoms with E-state index in [1.165, 1.54) is 12.8 Å². The Balaban J connectivity index is 2.39. The summed E-state index contributed by atoms with van der Waals surface area (Å²) in [5.74, 6) is 0.620. The van der Waals surface area contributed by atoms with Crippen LogP contribution in [0.2, 0.25) is 0 Å². The van der Waals surface area contributed by atoms with Crippen molar-refractivity contribution in [2.24, 2.45) is 5.92 Å². The fourth-order valence-corrected chi connectivity index (χ4v) is 2.19. The van der Waals surface area contributed by atoms with Gasteiger partial charge in [-0.05, 0) is 45.6 Å². The van der Waals surface area contributed by atoms with Crippen molar-refractivity contribution in [1.29, 1.82) is 0 Å². The smallest absolute Gasteiger partial charge is 0.0664 e. The van der Waals surface area contributed by atoms with E-state index in [0.717, 1.165) is 19.5 Å². The van der Waals surface area contributed by atoms with Gasteiger partial charge in [0.05, 0.1) is 6.10 Å². The summed E-state index contributed by atoms with van der Waals surface area (Å²) < 4.78 is 0.